The minimum absolute atomic E-state index is 0.0692. The fraction of sp³-hybridized carbons (Fsp3) is 0.0476. The van der Waals surface area contributed by atoms with Gasteiger partial charge in [-0.3, -0.25) is 9.59 Å². The summed E-state index contributed by atoms with van der Waals surface area (Å²) < 4.78 is 32.3. The van der Waals surface area contributed by atoms with Gasteiger partial charge < -0.3 is 10.1 Å². The summed E-state index contributed by atoms with van der Waals surface area (Å²) in [4.78, 5) is 24.7. The van der Waals surface area contributed by atoms with E-state index in [1.54, 1.807) is 30.3 Å². The number of amides is 2. The van der Waals surface area contributed by atoms with Crippen molar-refractivity contribution in [1.29, 1.82) is 0 Å². The number of fused-ring (bicyclic) bond motifs is 1. The number of carbonyl (C=O) groups excluding carboxylic acids is 2. The van der Waals surface area contributed by atoms with Crippen molar-refractivity contribution >= 4 is 43.5 Å². The molecule has 0 atom stereocenters. The van der Waals surface area contributed by atoms with Gasteiger partial charge in [-0.1, -0.05) is 28.1 Å². The molecule has 0 saturated carbocycles. The van der Waals surface area contributed by atoms with Gasteiger partial charge in [-0.25, -0.2) is 12.7 Å². The van der Waals surface area contributed by atoms with E-state index in [0.717, 1.165) is 4.47 Å². The van der Waals surface area contributed by atoms with Gasteiger partial charge in [-0.15, -0.1) is 0 Å². The summed E-state index contributed by atoms with van der Waals surface area (Å²) in [7, 11) is -4.03. The molecule has 9 heteroatoms. The maximum Gasteiger partial charge on any atom is 0.269 e. The highest BCUT2D eigenvalue weighted by atomic mass is 79.9. The van der Waals surface area contributed by atoms with Gasteiger partial charge in [0.2, 0.25) is 5.91 Å². The predicted octanol–water partition coefficient (Wildman–Crippen LogP) is 4.02. The third-order valence-corrected chi connectivity index (χ3v) is 6.70. The Morgan fingerprint density at radius 2 is 1.53 bits per heavy atom. The van der Waals surface area contributed by atoms with E-state index < -0.39 is 28.4 Å². The maximum absolute atomic E-state index is 12.5. The van der Waals surface area contributed by atoms with Crippen LogP contribution in [0.15, 0.2) is 82.2 Å². The summed E-state index contributed by atoms with van der Waals surface area (Å²) in [5.74, 6) is -0.101. The Bertz CT molecular complexity index is 1230. The molecule has 2 amide bonds. The Morgan fingerprint density at radius 3 is 2.17 bits per heavy atom. The Morgan fingerprint density at radius 1 is 0.933 bits per heavy atom. The van der Waals surface area contributed by atoms with E-state index in [1.807, 2.05) is 24.3 Å². The topological polar surface area (TPSA) is 92.8 Å². The SMILES string of the molecule is O=C(CN1C(=O)c2ccccc2S1(=O)=O)Nc1ccc(Oc2ccc(Br)cc2)cc1. The van der Waals surface area contributed by atoms with Crippen molar-refractivity contribution in [3.05, 3.63) is 82.8 Å². The molecule has 0 aliphatic carbocycles. The highest BCUT2D eigenvalue weighted by molar-refractivity contribution is 9.10. The summed E-state index contributed by atoms with van der Waals surface area (Å²) in [6.07, 6.45) is 0. The fourth-order valence-electron chi connectivity index (χ4n) is 2.96. The molecule has 3 aromatic carbocycles. The molecule has 4 rings (SSSR count). The number of nitrogens with one attached hydrogen (secondary N) is 1. The van der Waals surface area contributed by atoms with Crippen LogP contribution in [0.5, 0.6) is 11.5 Å². The van der Waals surface area contributed by atoms with Crippen LogP contribution in [-0.2, 0) is 14.8 Å². The molecule has 0 radical (unpaired) electrons. The number of hydrogen-bond donors (Lipinski definition) is 1. The molecular weight excluding hydrogens is 472 g/mol. The Balaban J connectivity index is 1.41. The van der Waals surface area contributed by atoms with Gasteiger partial charge >= 0.3 is 0 Å². The average Bonchev–Trinajstić information content (AvgIpc) is 2.92. The van der Waals surface area contributed by atoms with Crippen LogP contribution in [0.25, 0.3) is 0 Å². The highest BCUT2D eigenvalue weighted by Gasteiger charge is 2.41. The van der Waals surface area contributed by atoms with Crippen molar-refractivity contribution in [3.63, 3.8) is 0 Å². The van der Waals surface area contributed by atoms with E-state index in [9.17, 15) is 18.0 Å². The Hall–Kier alpha value is -3.17. The van der Waals surface area contributed by atoms with Crippen LogP contribution in [0.3, 0.4) is 0 Å². The number of hydrogen-bond acceptors (Lipinski definition) is 5. The molecule has 152 valence electrons. The lowest BCUT2D eigenvalue weighted by Gasteiger charge is -2.15. The van der Waals surface area contributed by atoms with E-state index in [-0.39, 0.29) is 10.5 Å². The third kappa shape index (κ3) is 3.94. The third-order valence-electron chi connectivity index (χ3n) is 4.39. The van der Waals surface area contributed by atoms with Gasteiger partial charge in [0.05, 0.1) is 5.56 Å². The van der Waals surface area contributed by atoms with E-state index >= 15 is 0 Å². The molecule has 1 heterocycles. The second-order valence-corrected chi connectivity index (χ2v) is 9.19. The molecular formula is C21H15BrN2O5S. The van der Waals surface area contributed by atoms with Crippen molar-refractivity contribution in [2.75, 3.05) is 11.9 Å². The van der Waals surface area contributed by atoms with Gasteiger partial charge in [-0.2, -0.15) is 0 Å². The molecule has 0 aromatic heterocycles. The molecule has 1 aliphatic rings. The van der Waals surface area contributed by atoms with Crippen molar-refractivity contribution in [2.45, 2.75) is 4.90 Å². The van der Waals surface area contributed by atoms with E-state index in [1.165, 1.54) is 18.2 Å². The van der Waals surface area contributed by atoms with Gasteiger partial charge in [0.15, 0.2) is 0 Å². The standard InChI is InChI=1S/C21H15BrN2O5S/c22-14-5-9-16(10-6-14)29-17-11-7-15(8-12-17)23-20(25)13-24-21(26)18-3-1-2-4-19(18)30(24,27)28/h1-12H,13H2,(H,23,25). The van der Waals surface area contributed by atoms with E-state index in [0.29, 0.717) is 21.5 Å². The van der Waals surface area contributed by atoms with Crippen molar-refractivity contribution in [1.82, 2.24) is 4.31 Å². The summed E-state index contributed by atoms with van der Waals surface area (Å²) in [6.45, 7) is -0.604. The molecule has 7 nitrogen and oxygen atoms in total. The number of rotatable bonds is 5. The molecule has 0 saturated heterocycles. The number of nitrogens with zero attached hydrogens (tertiary/aromatic N) is 1. The minimum Gasteiger partial charge on any atom is -0.457 e. The van der Waals surface area contributed by atoms with Gasteiger partial charge in [0, 0.05) is 10.2 Å². The monoisotopic (exact) mass is 486 g/mol. The zero-order valence-corrected chi connectivity index (χ0v) is 17.8. The van der Waals surface area contributed by atoms with Crippen LogP contribution in [0.4, 0.5) is 5.69 Å². The Kier molecular flexibility index (Phi) is 5.31. The number of carbonyl (C=O) groups is 2. The second-order valence-electron chi connectivity index (χ2n) is 6.44. The first-order chi connectivity index (χ1) is 14.3. The van der Waals surface area contributed by atoms with E-state index in [4.69, 9.17) is 4.74 Å². The lowest BCUT2D eigenvalue weighted by Crippen LogP contribution is -2.37. The summed E-state index contributed by atoms with van der Waals surface area (Å²) >= 11 is 3.36. The molecule has 0 spiro atoms. The highest BCUT2D eigenvalue weighted by Crippen LogP contribution is 2.30. The van der Waals surface area contributed by atoms with Crippen molar-refractivity contribution < 1.29 is 22.7 Å². The van der Waals surface area contributed by atoms with Crippen LogP contribution in [0.1, 0.15) is 10.4 Å². The lowest BCUT2D eigenvalue weighted by molar-refractivity contribution is -0.116. The second kappa shape index (κ2) is 7.92. The Labute approximate surface area is 181 Å². The van der Waals surface area contributed by atoms with Crippen LogP contribution in [-0.4, -0.2) is 31.1 Å². The predicted molar refractivity (Wildman–Crippen MR) is 114 cm³/mol. The maximum atomic E-state index is 12.5. The molecule has 3 aromatic rings. The summed E-state index contributed by atoms with van der Waals surface area (Å²) in [6, 6.07) is 19.8. The quantitative estimate of drug-likeness (QED) is 0.587. The first-order valence-electron chi connectivity index (χ1n) is 8.84. The van der Waals surface area contributed by atoms with E-state index in [2.05, 4.69) is 21.2 Å². The van der Waals surface area contributed by atoms with Crippen molar-refractivity contribution in [2.24, 2.45) is 0 Å². The smallest absolute Gasteiger partial charge is 0.269 e. The molecule has 1 N–H and O–H groups in total. The lowest BCUT2D eigenvalue weighted by atomic mass is 10.2. The van der Waals surface area contributed by atoms with Crippen molar-refractivity contribution in [3.8, 4) is 11.5 Å². The summed E-state index contributed by atoms with van der Waals surface area (Å²) in [5, 5.41) is 2.59. The summed E-state index contributed by atoms with van der Waals surface area (Å²) in [5.41, 5.74) is 0.518. The first-order valence-corrected chi connectivity index (χ1v) is 11.1. The molecule has 30 heavy (non-hydrogen) atoms. The fourth-order valence-corrected chi connectivity index (χ4v) is 4.75. The normalized spacial score (nSPS) is 14.3. The van der Waals surface area contributed by atoms with Gasteiger partial charge in [-0.05, 0) is 60.7 Å². The number of halogens is 1. The number of sulfonamides is 1. The molecule has 0 fully saturated rings. The average molecular weight is 487 g/mol. The van der Waals surface area contributed by atoms with Crippen LogP contribution in [0.2, 0.25) is 0 Å². The van der Waals surface area contributed by atoms with Crippen LogP contribution in [0, 0.1) is 0 Å². The molecule has 0 bridgehead atoms. The number of anilines is 1. The number of benzene rings is 3. The van der Waals surface area contributed by atoms with Gasteiger partial charge in [0.25, 0.3) is 15.9 Å². The molecule has 1 aliphatic heterocycles. The van der Waals surface area contributed by atoms with Gasteiger partial charge in [0.1, 0.15) is 22.9 Å². The van der Waals surface area contributed by atoms with Crippen LogP contribution >= 0.6 is 15.9 Å². The zero-order chi connectivity index (χ0) is 21.3. The first kappa shape index (κ1) is 20.1. The largest absolute Gasteiger partial charge is 0.457 e. The zero-order valence-electron chi connectivity index (χ0n) is 15.4. The number of ether oxygens (including phenoxy) is 1. The van der Waals surface area contributed by atoms with Crippen LogP contribution < -0.4 is 10.1 Å². The molecule has 0 unspecified atom stereocenters. The minimum atomic E-state index is -4.03.